The van der Waals surface area contributed by atoms with Gasteiger partial charge in [-0.3, -0.25) is 9.59 Å². The van der Waals surface area contributed by atoms with Gasteiger partial charge >= 0.3 is 0 Å². The van der Waals surface area contributed by atoms with E-state index in [1.165, 1.54) is 11.0 Å². The fourth-order valence-corrected chi connectivity index (χ4v) is 4.44. The van der Waals surface area contributed by atoms with Crippen LogP contribution in [-0.2, 0) is 19.1 Å². The highest BCUT2D eigenvalue weighted by molar-refractivity contribution is 6.27. The van der Waals surface area contributed by atoms with Crippen molar-refractivity contribution in [2.75, 3.05) is 7.05 Å². The molecule has 3 saturated heterocycles. The molecule has 3 heterocycles. The summed E-state index contributed by atoms with van der Waals surface area (Å²) in [5.41, 5.74) is -0.160. The van der Waals surface area contributed by atoms with Crippen molar-refractivity contribution in [1.29, 1.82) is 0 Å². The lowest BCUT2D eigenvalue weighted by Crippen LogP contribution is -2.36. The van der Waals surface area contributed by atoms with Gasteiger partial charge in [-0.2, -0.15) is 0 Å². The van der Waals surface area contributed by atoms with E-state index in [1.54, 1.807) is 31.4 Å². The smallest absolute Gasteiger partial charge is 0.261 e. The molecule has 7 heteroatoms. The first-order valence-corrected chi connectivity index (χ1v) is 11.3. The van der Waals surface area contributed by atoms with Gasteiger partial charge in [-0.25, -0.2) is 0 Å². The predicted molar refractivity (Wildman–Crippen MR) is 125 cm³/mol. The minimum absolute atomic E-state index is 0.0260. The van der Waals surface area contributed by atoms with Gasteiger partial charge in [0.15, 0.2) is 5.78 Å². The number of likely N-dealkylation sites (tertiary alicyclic amines) is 1. The van der Waals surface area contributed by atoms with Crippen LogP contribution in [0.5, 0.6) is 0 Å². The quantitative estimate of drug-likeness (QED) is 0.265. The molecule has 0 bridgehead atoms. The number of hydrogen-bond donors (Lipinski definition) is 2. The van der Waals surface area contributed by atoms with Crippen molar-refractivity contribution in [3.05, 3.63) is 72.1 Å². The number of allylic oxidation sites excluding steroid dienone is 9. The lowest BCUT2D eigenvalue weighted by molar-refractivity contribution is -0.126. The second kappa shape index (κ2) is 10.9. The van der Waals surface area contributed by atoms with Crippen molar-refractivity contribution in [2.45, 2.75) is 63.8 Å². The Hall–Kier alpha value is -2.74. The Labute approximate surface area is 195 Å². The molecule has 0 aromatic rings. The van der Waals surface area contributed by atoms with Gasteiger partial charge in [0.1, 0.15) is 29.6 Å². The van der Waals surface area contributed by atoms with Crippen LogP contribution >= 0.6 is 0 Å². The molecule has 0 aromatic carbocycles. The number of rotatable bonds is 7. The maximum Gasteiger partial charge on any atom is 0.261 e. The predicted octanol–water partition coefficient (Wildman–Crippen LogP) is 2.95. The first-order valence-electron chi connectivity index (χ1n) is 11.3. The first kappa shape index (κ1) is 24.9. The largest absolute Gasteiger partial charge is 0.507 e. The summed E-state index contributed by atoms with van der Waals surface area (Å²) in [5, 5.41) is 20.5. The molecule has 3 aliphatic heterocycles. The molecule has 7 nitrogen and oxygen atoms in total. The van der Waals surface area contributed by atoms with E-state index in [2.05, 4.69) is 0 Å². The number of fused-ring (bicyclic) bond motifs is 1. The number of ether oxygens (including phenoxy) is 2. The summed E-state index contributed by atoms with van der Waals surface area (Å²) in [5.74, 6) is -1.15. The van der Waals surface area contributed by atoms with Gasteiger partial charge in [-0.15, -0.1) is 0 Å². The van der Waals surface area contributed by atoms with Crippen LogP contribution in [0.1, 0.15) is 27.2 Å². The zero-order valence-corrected chi connectivity index (χ0v) is 19.5. The lowest BCUT2D eigenvalue weighted by Gasteiger charge is -2.20. The highest BCUT2D eigenvalue weighted by Crippen LogP contribution is 2.34. The Morgan fingerprint density at radius 2 is 1.64 bits per heavy atom. The standard InChI is InChI=1S/C26H33NO6/c1-16(2)22-24(30)21(26(31)27(22)4)18(28)13-11-9-7-5-6-8-10-12-14-19-23(29)25-20(33-19)15-17(3)32-25/h5-14,16-17,19-20,22-23,25,28-29H,15H2,1-4H3/b6-5-,9-7+,10-8+,13-11+,14-12+,21-18+. The van der Waals surface area contributed by atoms with Gasteiger partial charge < -0.3 is 24.6 Å². The Kier molecular flexibility index (Phi) is 8.24. The van der Waals surface area contributed by atoms with Crippen LogP contribution in [0.25, 0.3) is 0 Å². The van der Waals surface area contributed by atoms with E-state index in [9.17, 15) is 19.8 Å². The van der Waals surface area contributed by atoms with Crippen LogP contribution in [0, 0.1) is 5.92 Å². The normalized spacial score (nSPS) is 34.7. The van der Waals surface area contributed by atoms with E-state index >= 15 is 0 Å². The molecule has 33 heavy (non-hydrogen) atoms. The number of aliphatic hydroxyl groups excluding tert-OH is 2. The monoisotopic (exact) mass is 455 g/mol. The molecule has 3 fully saturated rings. The van der Waals surface area contributed by atoms with E-state index in [-0.39, 0.29) is 47.4 Å². The molecule has 6 unspecified atom stereocenters. The van der Waals surface area contributed by atoms with Crippen LogP contribution in [-0.4, -0.2) is 70.4 Å². The number of nitrogens with zero attached hydrogens (tertiary/aromatic N) is 1. The van der Waals surface area contributed by atoms with Crippen molar-refractivity contribution >= 4 is 11.7 Å². The number of hydrogen-bond acceptors (Lipinski definition) is 6. The number of likely N-dealkylation sites (N-methyl/N-ethyl adjacent to an activating group) is 1. The van der Waals surface area contributed by atoms with E-state index < -0.39 is 18.1 Å². The van der Waals surface area contributed by atoms with E-state index in [0.29, 0.717) is 0 Å². The van der Waals surface area contributed by atoms with Crippen molar-refractivity contribution in [2.24, 2.45) is 5.92 Å². The van der Waals surface area contributed by atoms with Crippen LogP contribution < -0.4 is 0 Å². The number of Topliss-reactive ketones (excluding diaryl/α,β-unsaturated/α-hetero) is 1. The molecule has 6 atom stereocenters. The summed E-state index contributed by atoms with van der Waals surface area (Å²) in [7, 11) is 1.57. The second-order valence-corrected chi connectivity index (χ2v) is 8.90. The average Bonchev–Trinajstić information content (AvgIpc) is 3.33. The Balaban J connectivity index is 1.46. The van der Waals surface area contributed by atoms with Crippen molar-refractivity contribution in [3.63, 3.8) is 0 Å². The van der Waals surface area contributed by atoms with Crippen LogP contribution in [0.3, 0.4) is 0 Å². The number of ketones is 1. The number of amides is 1. The van der Waals surface area contributed by atoms with Gasteiger partial charge in [0.2, 0.25) is 0 Å². The summed E-state index contributed by atoms with van der Waals surface area (Å²) >= 11 is 0. The molecule has 3 rings (SSSR count). The second-order valence-electron chi connectivity index (χ2n) is 8.90. The molecule has 0 aliphatic carbocycles. The number of carbonyl (C=O) groups excluding carboxylic acids is 2. The minimum Gasteiger partial charge on any atom is -0.507 e. The summed E-state index contributed by atoms with van der Waals surface area (Å²) in [6.07, 6.45) is 17.0. The molecule has 178 valence electrons. The van der Waals surface area contributed by atoms with Gasteiger partial charge in [0, 0.05) is 13.5 Å². The molecule has 3 aliphatic rings. The minimum atomic E-state index is -0.646. The molecule has 2 N–H and O–H groups in total. The molecule has 0 radical (unpaired) electrons. The summed E-state index contributed by atoms with van der Waals surface area (Å²) in [6, 6.07) is -0.539. The maximum atomic E-state index is 12.5. The van der Waals surface area contributed by atoms with Gasteiger partial charge in [0.25, 0.3) is 5.91 Å². The van der Waals surface area contributed by atoms with Crippen molar-refractivity contribution < 1.29 is 29.3 Å². The zero-order valence-electron chi connectivity index (χ0n) is 19.5. The van der Waals surface area contributed by atoms with Gasteiger partial charge in [0.05, 0.1) is 18.2 Å². The van der Waals surface area contributed by atoms with Crippen LogP contribution in [0.2, 0.25) is 0 Å². The Morgan fingerprint density at radius 3 is 2.21 bits per heavy atom. The molecule has 1 amide bonds. The van der Waals surface area contributed by atoms with Crippen molar-refractivity contribution in [1.82, 2.24) is 4.90 Å². The van der Waals surface area contributed by atoms with Crippen molar-refractivity contribution in [3.8, 4) is 0 Å². The van der Waals surface area contributed by atoms with E-state index in [0.717, 1.165) is 6.42 Å². The fourth-order valence-electron chi connectivity index (χ4n) is 4.44. The van der Waals surface area contributed by atoms with Crippen LogP contribution in [0.4, 0.5) is 0 Å². The van der Waals surface area contributed by atoms with Crippen LogP contribution in [0.15, 0.2) is 72.1 Å². The Morgan fingerprint density at radius 1 is 1.03 bits per heavy atom. The highest BCUT2D eigenvalue weighted by Gasteiger charge is 2.48. The van der Waals surface area contributed by atoms with Gasteiger partial charge in [-0.1, -0.05) is 68.5 Å². The molecule has 0 aromatic heterocycles. The molecular weight excluding hydrogens is 422 g/mol. The fraction of sp³-hybridized carbons (Fsp3) is 0.462. The Bertz CT molecular complexity index is 925. The summed E-state index contributed by atoms with van der Waals surface area (Å²) < 4.78 is 11.5. The third kappa shape index (κ3) is 5.61. The first-order chi connectivity index (χ1) is 15.7. The third-order valence-corrected chi connectivity index (χ3v) is 6.01. The van der Waals surface area contributed by atoms with Gasteiger partial charge in [-0.05, 0) is 18.9 Å². The number of aliphatic hydroxyl groups is 2. The molecular formula is C26H33NO6. The summed E-state index contributed by atoms with van der Waals surface area (Å²) in [4.78, 5) is 26.1. The topological polar surface area (TPSA) is 96.3 Å². The maximum absolute atomic E-state index is 12.5. The SMILES string of the molecule is CC1CC2OC(/C=C/C=C/C=C\C=C\C=C\C(O)=C3\C(=O)C(C(C)C)N(C)C3=O)C(O)C2O1. The number of carbonyl (C=O) groups is 2. The zero-order chi connectivity index (χ0) is 24.1. The highest BCUT2D eigenvalue weighted by atomic mass is 16.6. The summed E-state index contributed by atoms with van der Waals surface area (Å²) in [6.45, 7) is 5.72. The van der Waals surface area contributed by atoms with E-state index in [1.807, 2.05) is 51.2 Å². The lowest BCUT2D eigenvalue weighted by atomic mass is 9.98. The average molecular weight is 456 g/mol. The third-order valence-electron chi connectivity index (χ3n) is 6.01. The van der Waals surface area contributed by atoms with E-state index in [4.69, 9.17) is 9.47 Å². The molecule has 0 spiro atoms. The molecule has 0 saturated carbocycles.